The van der Waals surface area contributed by atoms with Crippen LogP contribution in [0.2, 0.25) is 0 Å². The minimum absolute atomic E-state index is 0. The Hall–Kier alpha value is -1.63. The summed E-state index contributed by atoms with van der Waals surface area (Å²) < 4.78 is 9.65. The molecule has 0 saturated carbocycles. The number of methoxy groups -OCH3 is 2. The number of rotatable bonds is 3. The number of nitrogens with zero attached hydrogens (tertiary/aromatic N) is 2. The molecule has 0 saturated heterocycles. The maximum absolute atomic E-state index is 9.96. The summed E-state index contributed by atoms with van der Waals surface area (Å²) in [5.41, 5.74) is 5.33. The number of hydrogen-bond acceptors (Lipinski definition) is 8. The summed E-state index contributed by atoms with van der Waals surface area (Å²) in [5, 5.41) is 11.7. The maximum atomic E-state index is 9.96. The number of carbonyl (C=O) groups excluding carboxylic acids is 1. The summed E-state index contributed by atoms with van der Waals surface area (Å²) in [6, 6.07) is 4.74. The summed E-state index contributed by atoms with van der Waals surface area (Å²) in [5.74, 6) is -0.162. The van der Waals surface area contributed by atoms with E-state index in [2.05, 4.69) is 9.97 Å². The third kappa shape index (κ3) is 10.7. The number of anilines is 1. The largest absolute Gasteiger partial charge is 2.00 e. The monoisotopic (exact) mass is 412 g/mol. The normalized spacial score (nSPS) is 7.57. The Labute approximate surface area is 153 Å². The zero-order chi connectivity index (χ0) is 14.3. The molecule has 0 aliphatic heterocycles. The predicted octanol–water partition coefficient (Wildman–Crippen LogP) is -4.46. The van der Waals surface area contributed by atoms with Crippen molar-refractivity contribution in [1.29, 1.82) is 0 Å². The number of ether oxygens (including phenoxy) is 2. The van der Waals surface area contributed by atoms with E-state index >= 15 is 0 Å². The van der Waals surface area contributed by atoms with Crippen molar-refractivity contribution in [2.75, 3.05) is 20.0 Å². The number of carboxylic acid groups (broad SMARTS) is 1. The Morgan fingerprint density at radius 1 is 1.22 bits per heavy atom. The van der Waals surface area contributed by atoms with Gasteiger partial charge >= 0.3 is 16.8 Å². The molecule has 2 aromatic rings. The van der Waals surface area contributed by atoms with Gasteiger partial charge < -0.3 is 48.5 Å². The second kappa shape index (κ2) is 15.3. The maximum Gasteiger partial charge on any atom is 2.00 e. The number of aromatic carboxylic acids is 1. The van der Waals surface area contributed by atoms with E-state index in [1.54, 1.807) is 17.5 Å². The van der Waals surface area contributed by atoms with E-state index in [-0.39, 0.29) is 51.0 Å². The summed E-state index contributed by atoms with van der Waals surface area (Å²) in [6.45, 7) is 0. The van der Waals surface area contributed by atoms with Gasteiger partial charge in [-0.1, -0.05) is 6.07 Å². The first kappa shape index (κ1) is 29.4. The molecule has 12 heteroatoms. The third-order valence-electron chi connectivity index (χ3n) is 1.84. The Morgan fingerprint density at radius 3 is 1.96 bits per heavy atom. The Balaban J connectivity index is -0.000000138. The van der Waals surface area contributed by atoms with Gasteiger partial charge in [0, 0.05) is 4.88 Å². The third-order valence-corrected chi connectivity index (χ3v) is 2.69. The van der Waals surface area contributed by atoms with Crippen LogP contribution in [0.15, 0.2) is 23.6 Å². The minimum atomic E-state index is -1.10. The van der Waals surface area contributed by atoms with Gasteiger partial charge in [-0.3, -0.25) is 0 Å². The van der Waals surface area contributed by atoms with E-state index in [4.69, 9.17) is 15.2 Å². The van der Waals surface area contributed by atoms with E-state index in [0.29, 0.717) is 11.8 Å². The van der Waals surface area contributed by atoms with Crippen molar-refractivity contribution in [3.05, 3.63) is 28.5 Å². The molecule has 0 aliphatic rings. The second-order valence-corrected chi connectivity index (χ2v) is 4.02. The zero-order valence-corrected chi connectivity index (χ0v) is 14.6. The van der Waals surface area contributed by atoms with Gasteiger partial charge in [-0.05, 0) is 11.4 Å². The van der Waals surface area contributed by atoms with Gasteiger partial charge in [0.15, 0.2) is 0 Å². The fourth-order valence-electron chi connectivity index (χ4n) is 1.02. The first-order valence-corrected chi connectivity index (χ1v) is 5.92. The molecule has 2 aromatic heterocycles. The Bertz CT molecular complexity index is 524. The quantitative estimate of drug-likeness (QED) is 0.529. The average molecular weight is 413 g/mol. The zero-order valence-electron chi connectivity index (χ0n) is 12.0. The van der Waals surface area contributed by atoms with Crippen LogP contribution in [0.5, 0.6) is 11.8 Å². The van der Waals surface area contributed by atoms with Crippen molar-refractivity contribution in [3.63, 3.8) is 0 Å². The van der Waals surface area contributed by atoms with Crippen LogP contribution in [-0.2, 0) is 16.8 Å². The SMILES string of the molecule is COc1cc(OC)nc(N)n1.O.O.O=C([O-])c1cccs1.[Cl-].[Co+2]. The van der Waals surface area contributed by atoms with Crippen LogP contribution < -0.4 is 32.7 Å². The number of thiophene rings is 1. The van der Waals surface area contributed by atoms with Gasteiger partial charge in [-0.25, -0.2) is 0 Å². The van der Waals surface area contributed by atoms with Crippen LogP contribution in [0.3, 0.4) is 0 Å². The summed E-state index contributed by atoms with van der Waals surface area (Å²) in [7, 11) is 3.00. The van der Waals surface area contributed by atoms with Crippen LogP contribution >= 0.6 is 11.3 Å². The molecule has 0 aliphatic carbocycles. The van der Waals surface area contributed by atoms with Crippen LogP contribution in [-0.4, -0.2) is 41.1 Å². The standard InChI is InChI=1S/C6H9N3O2.C5H4O2S.ClH.Co.2H2O/c1-10-4-3-5(11-2)9-6(7)8-4;6-5(7)4-2-1-3-8-4;;;;/h3H,1-2H3,(H2,7,8,9);1-3H,(H,6,7);1H;;2*1H2/q;;;+2;;/p-2. The van der Waals surface area contributed by atoms with Crippen molar-refractivity contribution >= 4 is 23.3 Å². The van der Waals surface area contributed by atoms with Crippen LogP contribution in [0.4, 0.5) is 5.95 Å². The van der Waals surface area contributed by atoms with E-state index in [9.17, 15) is 9.90 Å². The number of nitrogen functional groups attached to an aromatic ring is 1. The van der Waals surface area contributed by atoms with Crippen LogP contribution in [0.1, 0.15) is 9.67 Å². The molecule has 133 valence electrons. The predicted molar refractivity (Wildman–Crippen MR) is 75.4 cm³/mol. The molecule has 0 atom stereocenters. The fraction of sp³-hybridized carbons (Fsp3) is 0.182. The van der Waals surface area contributed by atoms with Gasteiger partial charge in [-0.15, -0.1) is 11.3 Å². The van der Waals surface area contributed by atoms with Crippen molar-refractivity contribution in [2.45, 2.75) is 0 Å². The molecule has 23 heavy (non-hydrogen) atoms. The van der Waals surface area contributed by atoms with E-state index < -0.39 is 5.97 Å². The van der Waals surface area contributed by atoms with Crippen molar-refractivity contribution in [3.8, 4) is 11.8 Å². The molecular weight excluding hydrogens is 397 g/mol. The molecule has 9 nitrogen and oxygen atoms in total. The van der Waals surface area contributed by atoms with Gasteiger partial charge in [0.2, 0.25) is 17.7 Å². The first-order valence-electron chi connectivity index (χ1n) is 5.04. The minimum Gasteiger partial charge on any atom is -1.00 e. The average Bonchev–Trinajstić information content (AvgIpc) is 2.92. The Kier molecular flexibility index (Phi) is 19.5. The molecule has 0 bridgehead atoms. The smallest absolute Gasteiger partial charge is 1.00 e. The molecule has 0 aromatic carbocycles. The number of nitrogens with two attached hydrogens (primary N) is 1. The molecule has 0 spiro atoms. The second-order valence-electron chi connectivity index (χ2n) is 3.08. The van der Waals surface area contributed by atoms with Gasteiger partial charge in [-0.2, -0.15) is 9.97 Å². The summed E-state index contributed by atoms with van der Waals surface area (Å²) >= 11 is 1.17. The fourth-order valence-corrected chi connectivity index (χ4v) is 1.58. The molecular formula is C11H16ClCoN3O6S. The molecule has 0 unspecified atom stereocenters. The van der Waals surface area contributed by atoms with Crippen molar-refractivity contribution < 1.29 is 59.5 Å². The Morgan fingerprint density at radius 2 is 1.70 bits per heavy atom. The molecule has 1 radical (unpaired) electrons. The summed E-state index contributed by atoms with van der Waals surface area (Å²) in [6.07, 6.45) is 0. The topological polar surface area (TPSA) is 173 Å². The van der Waals surface area contributed by atoms with Crippen molar-refractivity contribution in [1.82, 2.24) is 9.97 Å². The van der Waals surface area contributed by atoms with E-state index in [1.807, 2.05) is 0 Å². The molecule has 0 amide bonds. The summed E-state index contributed by atoms with van der Waals surface area (Å²) in [4.78, 5) is 17.8. The van der Waals surface area contributed by atoms with Gasteiger partial charge in [0.25, 0.3) is 0 Å². The van der Waals surface area contributed by atoms with Crippen LogP contribution in [0.25, 0.3) is 0 Å². The molecule has 2 heterocycles. The number of carbonyl (C=O) groups is 1. The van der Waals surface area contributed by atoms with Gasteiger partial charge in [0.05, 0.1) is 26.3 Å². The number of aromatic nitrogens is 2. The van der Waals surface area contributed by atoms with Crippen molar-refractivity contribution in [2.24, 2.45) is 0 Å². The number of hydrogen-bond donors (Lipinski definition) is 1. The molecule has 6 N–H and O–H groups in total. The van der Waals surface area contributed by atoms with E-state index in [0.717, 1.165) is 0 Å². The molecule has 2 rings (SSSR count). The molecule has 0 fully saturated rings. The van der Waals surface area contributed by atoms with E-state index in [1.165, 1.54) is 31.6 Å². The van der Waals surface area contributed by atoms with Crippen LogP contribution in [0, 0.1) is 0 Å². The van der Waals surface area contributed by atoms with Gasteiger partial charge in [0.1, 0.15) is 0 Å². The number of carboxylic acids is 1. The first-order chi connectivity index (χ1) is 9.06. The number of halogens is 1.